The molecule has 0 aliphatic carbocycles. The molecule has 0 amide bonds. The molecule has 0 saturated carbocycles. The summed E-state index contributed by atoms with van der Waals surface area (Å²) in [7, 11) is 0. The summed E-state index contributed by atoms with van der Waals surface area (Å²) in [5, 5.41) is 12.1. The van der Waals surface area contributed by atoms with E-state index in [0.29, 0.717) is 30.3 Å². The van der Waals surface area contributed by atoms with E-state index in [1.54, 1.807) is 0 Å². The van der Waals surface area contributed by atoms with E-state index in [4.69, 9.17) is 9.47 Å². The third kappa shape index (κ3) is 5.47. The fraction of sp³-hybridized carbons (Fsp3) is 0.107. The lowest BCUT2D eigenvalue weighted by molar-refractivity contribution is 0.268. The number of hydrogen-bond acceptors (Lipinski definition) is 3. The number of allylic oxidation sites excluding steroid dienone is 1. The third-order valence-corrected chi connectivity index (χ3v) is 6.29. The second-order valence-electron chi connectivity index (χ2n) is 7.37. The minimum atomic E-state index is 0.414. The van der Waals surface area contributed by atoms with Gasteiger partial charge in [-0.15, -0.1) is 0 Å². The number of fused-ring (bicyclic) bond motifs is 1. The van der Waals surface area contributed by atoms with Gasteiger partial charge in [0.15, 0.2) is 11.5 Å². The van der Waals surface area contributed by atoms with Crippen LogP contribution in [-0.4, -0.2) is 6.61 Å². The van der Waals surface area contributed by atoms with E-state index in [9.17, 15) is 5.26 Å². The standard InChI is InChI=1S/C28H21Br2NO2/c1-2-32-27-16-19(14-23(17-31)20-10-12-24(29)13-11-20)15-26(30)28(27)33-18-22-8-5-7-21-6-3-4-9-25(21)22/h3-16H,2,18H2,1H3/b23-14-. The highest BCUT2D eigenvalue weighted by Gasteiger charge is 2.14. The molecule has 0 saturated heterocycles. The normalized spacial score (nSPS) is 11.3. The van der Waals surface area contributed by atoms with Gasteiger partial charge in [-0.3, -0.25) is 0 Å². The molecule has 0 N–H and O–H groups in total. The maximum atomic E-state index is 9.71. The Hall–Kier alpha value is -3.07. The fourth-order valence-electron chi connectivity index (χ4n) is 3.62. The topological polar surface area (TPSA) is 42.2 Å². The minimum absolute atomic E-state index is 0.414. The van der Waals surface area contributed by atoms with Crippen molar-refractivity contribution in [1.29, 1.82) is 5.26 Å². The summed E-state index contributed by atoms with van der Waals surface area (Å²) in [4.78, 5) is 0. The Labute approximate surface area is 210 Å². The first-order chi connectivity index (χ1) is 16.1. The van der Waals surface area contributed by atoms with Gasteiger partial charge < -0.3 is 9.47 Å². The van der Waals surface area contributed by atoms with Crippen molar-refractivity contribution in [1.82, 2.24) is 0 Å². The van der Waals surface area contributed by atoms with Crippen LogP contribution in [0, 0.1) is 11.3 Å². The van der Waals surface area contributed by atoms with Crippen LogP contribution in [0.2, 0.25) is 0 Å². The Morgan fingerprint density at radius 1 is 0.939 bits per heavy atom. The lowest BCUT2D eigenvalue weighted by Crippen LogP contribution is -2.01. The van der Waals surface area contributed by atoms with Gasteiger partial charge in [0.25, 0.3) is 0 Å². The summed E-state index contributed by atoms with van der Waals surface area (Å²) < 4.78 is 13.9. The molecule has 5 heteroatoms. The predicted octanol–water partition coefficient (Wildman–Crippen LogP) is 8.41. The van der Waals surface area contributed by atoms with E-state index < -0.39 is 0 Å². The molecule has 3 nitrogen and oxygen atoms in total. The van der Waals surface area contributed by atoms with Crippen molar-refractivity contribution in [2.75, 3.05) is 6.61 Å². The number of halogens is 2. The third-order valence-electron chi connectivity index (χ3n) is 5.17. The summed E-state index contributed by atoms with van der Waals surface area (Å²) in [6, 6.07) is 28.3. The first-order valence-corrected chi connectivity index (χ1v) is 12.1. The molecule has 0 spiro atoms. The van der Waals surface area contributed by atoms with E-state index in [-0.39, 0.29) is 0 Å². The lowest BCUT2D eigenvalue weighted by atomic mass is 10.0. The zero-order chi connectivity index (χ0) is 23.2. The zero-order valence-electron chi connectivity index (χ0n) is 18.0. The average Bonchev–Trinajstić information content (AvgIpc) is 2.83. The van der Waals surface area contributed by atoms with E-state index >= 15 is 0 Å². The Morgan fingerprint density at radius 2 is 1.70 bits per heavy atom. The highest BCUT2D eigenvalue weighted by atomic mass is 79.9. The van der Waals surface area contributed by atoms with Crippen LogP contribution in [0.25, 0.3) is 22.4 Å². The molecule has 4 aromatic carbocycles. The first-order valence-electron chi connectivity index (χ1n) is 10.5. The summed E-state index contributed by atoms with van der Waals surface area (Å²) in [5.41, 5.74) is 3.38. The molecule has 0 unspecified atom stereocenters. The molecule has 4 rings (SSSR count). The van der Waals surface area contributed by atoms with Crippen LogP contribution in [0.5, 0.6) is 11.5 Å². The Morgan fingerprint density at radius 3 is 2.45 bits per heavy atom. The van der Waals surface area contributed by atoms with E-state index in [1.807, 2.05) is 67.6 Å². The number of hydrogen-bond donors (Lipinski definition) is 0. The monoisotopic (exact) mass is 561 g/mol. The number of rotatable bonds is 7. The van der Waals surface area contributed by atoms with Gasteiger partial charge in [0.2, 0.25) is 0 Å². The molecule has 0 aliphatic rings. The van der Waals surface area contributed by atoms with Crippen molar-refractivity contribution in [2.45, 2.75) is 13.5 Å². The molecular weight excluding hydrogens is 542 g/mol. The molecule has 0 radical (unpaired) electrons. The second kappa shape index (κ2) is 10.7. The van der Waals surface area contributed by atoms with Crippen LogP contribution in [0.1, 0.15) is 23.6 Å². The van der Waals surface area contributed by atoms with Crippen LogP contribution >= 0.6 is 31.9 Å². The predicted molar refractivity (Wildman–Crippen MR) is 141 cm³/mol. The summed E-state index contributed by atoms with van der Waals surface area (Å²) in [6.07, 6.45) is 1.85. The van der Waals surface area contributed by atoms with Crippen molar-refractivity contribution >= 4 is 54.3 Å². The van der Waals surface area contributed by atoms with E-state index in [1.165, 1.54) is 10.8 Å². The van der Waals surface area contributed by atoms with Crippen molar-refractivity contribution in [3.8, 4) is 17.6 Å². The maximum Gasteiger partial charge on any atom is 0.175 e. The SMILES string of the molecule is CCOc1cc(/C=C(/C#N)c2ccc(Br)cc2)cc(Br)c1OCc1cccc2ccccc12. The quantitative estimate of drug-likeness (QED) is 0.168. The van der Waals surface area contributed by atoms with Gasteiger partial charge in [-0.25, -0.2) is 0 Å². The summed E-state index contributed by atoms with van der Waals surface area (Å²) in [6.45, 7) is 2.85. The summed E-state index contributed by atoms with van der Waals surface area (Å²) >= 11 is 7.08. The Kier molecular flexibility index (Phi) is 7.49. The molecule has 4 aromatic rings. The molecule has 0 atom stereocenters. The lowest BCUT2D eigenvalue weighted by Gasteiger charge is -2.16. The molecule has 33 heavy (non-hydrogen) atoms. The smallest absolute Gasteiger partial charge is 0.175 e. The largest absolute Gasteiger partial charge is 0.490 e. The molecule has 164 valence electrons. The van der Waals surface area contributed by atoms with Gasteiger partial charge in [0.1, 0.15) is 6.61 Å². The average molecular weight is 563 g/mol. The molecular formula is C28H21Br2NO2. The van der Waals surface area contributed by atoms with Gasteiger partial charge in [-0.05, 0) is 80.7 Å². The van der Waals surface area contributed by atoms with Crippen molar-refractivity contribution in [3.05, 3.63) is 104 Å². The number of nitrogens with zero attached hydrogens (tertiary/aromatic N) is 1. The molecule has 0 fully saturated rings. The van der Waals surface area contributed by atoms with Crippen LogP contribution in [-0.2, 0) is 6.61 Å². The molecule has 0 aromatic heterocycles. The molecule has 0 heterocycles. The zero-order valence-corrected chi connectivity index (χ0v) is 21.2. The van der Waals surface area contributed by atoms with Gasteiger partial charge in [-0.2, -0.15) is 5.26 Å². The number of nitriles is 1. The highest BCUT2D eigenvalue weighted by Crippen LogP contribution is 2.39. The van der Waals surface area contributed by atoms with Crippen molar-refractivity contribution in [3.63, 3.8) is 0 Å². The number of ether oxygens (including phenoxy) is 2. The Bertz CT molecular complexity index is 1350. The highest BCUT2D eigenvalue weighted by molar-refractivity contribution is 9.10. The first kappa shape index (κ1) is 23.1. The van der Waals surface area contributed by atoms with Gasteiger partial charge in [0, 0.05) is 4.47 Å². The molecule has 0 bridgehead atoms. The van der Waals surface area contributed by atoms with E-state index in [2.05, 4.69) is 62.2 Å². The summed E-state index contributed by atoms with van der Waals surface area (Å²) in [5.74, 6) is 1.27. The van der Waals surface area contributed by atoms with Gasteiger partial charge >= 0.3 is 0 Å². The van der Waals surface area contributed by atoms with Crippen molar-refractivity contribution < 1.29 is 9.47 Å². The van der Waals surface area contributed by atoms with Gasteiger partial charge in [-0.1, -0.05) is 70.5 Å². The van der Waals surface area contributed by atoms with Crippen LogP contribution in [0.3, 0.4) is 0 Å². The number of benzene rings is 4. The van der Waals surface area contributed by atoms with Crippen molar-refractivity contribution in [2.24, 2.45) is 0 Å². The van der Waals surface area contributed by atoms with Crippen LogP contribution in [0.4, 0.5) is 0 Å². The van der Waals surface area contributed by atoms with E-state index in [0.717, 1.165) is 25.6 Å². The van der Waals surface area contributed by atoms with Gasteiger partial charge in [0.05, 0.1) is 22.7 Å². The van der Waals surface area contributed by atoms with Crippen LogP contribution in [0.15, 0.2) is 87.8 Å². The molecule has 0 aliphatic heterocycles. The second-order valence-corrected chi connectivity index (χ2v) is 9.14. The minimum Gasteiger partial charge on any atom is -0.490 e. The fourth-order valence-corrected chi connectivity index (χ4v) is 4.46. The Balaban J connectivity index is 1.65. The van der Waals surface area contributed by atoms with Crippen LogP contribution < -0.4 is 9.47 Å². The maximum absolute atomic E-state index is 9.71.